The maximum atomic E-state index is 12.7. The zero-order valence-corrected chi connectivity index (χ0v) is 14.9. The van der Waals surface area contributed by atoms with Crippen LogP contribution < -0.4 is 0 Å². The predicted molar refractivity (Wildman–Crippen MR) is 103 cm³/mol. The van der Waals surface area contributed by atoms with Crippen LogP contribution in [0.15, 0.2) is 91.0 Å². The number of hydrogen-bond acceptors (Lipinski definition) is 3. The van der Waals surface area contributed by atoms with E-state index in [0.29, 0.717) is 13.1 Å². The lowest BCUT2D eigenvalue weighted by molar-refractivity contribution is -0.148. The molecule has 0 fully saturated rings. The summed E-state index contributed by atoms with van der Waals surface area (Å²) in [5, 5.41) is 0. The van der Waals surface area contributed by atoms with Crippen LogP contribution >= 0.6 is 0 Å². The molecule has 0 spiro atoms. The number of nitrogens with zero attached hydrogens (tertiary/aromatic N) is 1. The predicted octanol–water partition coefficient (Wildman–Crippen LogP) is 4.60. The fourth-order valence-corrected chi connectivity index (χ4v) is 3.12. The number of benzene rings is 3. The van der Waals surface area contributed by atoms with Gasteiger partial charge in [-0.05, 0) is 16.7 Å². The number of carbonyl (C=O) groups excluding carboxylic acids is 1. The summed E-state index contributed by atoms with van der Waals surface area (Å²) in [4.78, 5) is 14.8. The van der Waals surface area contributed by atoms with Gasteiger partial charge in [-0.15, -0.1) is 0 Å². The van der Waals surface area contributed by atoms with Crippen LogP contribution in [-0.2, 0) is 22.6 Å². The van der Waals surface area contributed by atoms with E-state index >= 15 is 0 Å². The summed E-state index contributed by atoms with van der Waals surface area (Å²) in [7, 11) is 1.45. The second-order valence-corrected chi connectivity index (χ2v) is 6.21. The van der Waals surface area contributed by atoms with Gasteiger partial charge in [-0.1, -0.05) is 91.0 Å². The molecule has 3 aromatic carbocycles. The average Bonchev–Trinajstić information content (AvgIpc) is 2.70. The fourth-order valence-electron chi connectivity index (χ4n) is 3.12. The minimum absolute atomic E-state index is 0.247. The summed E-state index contributed by atoms with van der Waals surface area (Å²) < 4.78 is 5.14. The molecule has 0 aromatic heterocycles. The van der Waals surface area contributed by atoms with Crippen LogP contribution in [0.1, 0.15) is 22.7 Å². The van der Waals surface area contributed by atoms with Gasteiger partial charge in [0.15, 0.2) is 0 Å². The molecule has 0 bridgehead atoms. The minimum atomic E-state index is -0.457. The molecule has 0 amide bonds. The third-order valence-electron chi connectivity index (χ3n) is 4.36. The second-order valence-electron chi connectivity index (χ2n) is 6.21. The van der Waals surface area contributed by atoms with Crippen LogP contribution in [0.3, 0.4) is 0 Å². The van der Waals surface area contributed by atoms with Gasteiger partial charge in [-0.3, -0.25) is 4.90 Å². The van der Waals surface area contributed by atoms with Gasteiger partial charge in [0, 0.05) is 13.1 Å². The van der Waals surface area contributed by atoms with Crippen molar-refractivity contribution in [3.63, 3.8) is 0 Å². The molecule has 3 rings (SSSR count). The Labute approximate surface area is 154 Å². The van der Waals surface area contributed by atoms with E-state index < -0.39 is 6.04 Å². The third-order valence-corrected chi connectivity index (χ3v) is 4.36. The Morgan fingerprint density at radius 2 is 1.19 bits per heavy atom. The Morgan fingerprint density at radius 1 is 0.769 bits per heavy atom. The van der Waals surface area contributed by atoms with Crippen LogP contribution in [0, 0.1) is 0 Å². The number of ether oxygens (including phenoxy) is 1. The van der Waals surface area contributed by atoms with Gasteiger partial charge in [0.1, 0.15) is 6.04 Å². The molecule has 3 nitrogen and oxygen atoms in total. The Morgan fingerprint density at radius 3 is 1.62 bits per heavy atom. The molecule has 26 heavy (non-hydrogen) atoms. The SMILES string of the molecule is COC(=O)C(c1ccccc1)N(Cc1ccccc1)Cc1ccccc1. The molecule has 0 aliphatic rings. The molecule has 0 aliphatic heterocycles. The average molecular weight is 345 g/mol. The Kier molecular flexibility index (Phi) is 6.18. The van der Waals surface area contributed by atoms with E-state index in [-0.39, 0.29) is 5.97 Å². The van der Waals surface area contributed by atoms with E-state index in [9.17, 15) is 4.79 Å². The van der Waals surface area contributed by atoms with Crippen LogP contribution in [0.5, 0.6) is 0 Å². The van der Waals surface area contributed by atoms with E-state index in [2.05, 4.69) is 29.2 Å². The number of rotatable bonds is 7. The Hall–Kier alpha value is -2.91. The van der Waals surface area contributed by atoms with Crippen molar-refractivity contribution in [2.75, 3.05) is 7.11 Å². The highest BCUT2D eigenvalue weighted by Gasteiger charge is 2.28. The Balaban J connectivity index is 1.96. The summed E-state index contributed by atoms with van der Waals surface area (Å²) >= 11 is 0. The molecule has 0 radical (unpaired) electrons. The van der Waals surface area contributed by atoms with Crippen molar-refractivity contribution < 1.29 is 9.53 Å². The smallest absolute Gasteiger partial charge is 0.327 e. The normalized spacial score (nSPS) is 11.9. The number of hydrogen-bond donors (Lipinski definition) is 0. The maximum Gasteiger partial charge on any atom is 0.327 e. The summed E-state index contributed by atoms with van der Waals surface area (Å²) in [5.41, 5.74) is 3.26. The monoisotopic (exact) mass is 345 g/mol. The van der Waals surface area contributed by atoms with E-state index in [1.807, 2.05) is 66.7 Å². The molecule has 1 unspecified atom stereocenters. The zero-order chi connectivity index (χ0) is 18.2. The summed E-state index contributed by atoms with van der Waals surface area (Å²) in [5.74, 6) is -0.247. The fraction of sp³-hybridized carbons (Fsp3) is 0.174. The number of carbonyl (C=O) groups is 1. The number of methoxy groups -OCH3 is 1. The van der Waals surface area contributed by atoms with Crippen molar-refractivity contribution in [2.24, 2.45) is 0 Å². The van der Waals surface area contributed by atoms with Crippen molar-refractivity contribution in [2.45, 2.75) is 19.1 Å². The lowest BCUT2D eigenvalue weighted by Crippen LogP contribution is -2.34. The Bertz CT molecular complexity index is 762. The van der Waals surface area contributed by atoms with Crippen molar-refractivity contribution in [1.29, 1.82) is 0 Å². The first-order valence-corrected chi connectivity index (χ1v) is 8.72. The van der Waals surface area contributed by atoms with Gasteiger partial charge in [-0.25, -0.2) is 4.79 Å². The van der Waals surface area contributed by atoms with Crippen molar-refractivity contribution in [1.82, 2.24) is 4.90 Å². The third kappa shape index (κ3) is 4.58. The quantitative estimate of drug-likeness (QED) is 0.586. The second kappa shape index (κ2) is 8.97. The zero-order valence-electron chi connectivity index (χ0n) is 14.9. The highest BCUT2D eigenvalue weighted by molar-refractivity contribution is 5.77. The molecule has 0 saturated carbocycles. The molecular weight excluding hydrogens is 322 g/mol. The first-order valence-electron chi connectivity index (χ1n) is 8.72. The van der Waals surface area contributed by atoms with E-state index in [4.69, 9.17) is 4.74 Å². The van der Waals surface area contributed by atoms with Crippen LogP contribution in [0.25, 0.3) is 0 Å². The standard InChI is InChI=1S/C23H23NO2/c1-26-23(25)22(21-15-9-4-10-16-21)24(17-19-11-5-2-6-12-19)18-20-13-7-3-8-14-20/h2-16,22H,17-18H2,1H3. The van der Waals surface area contributed by atoms with Crippen LogP contribution in [0.4, 0.5) is 0 Å². The van der Waals surface area contributed by atoms with E-state index in [1.54, 1.807) is 0 Å². The van der Waals surface area contributed by atoms with Gasteiger partial charge < -0.3 is 4.74 Å². The van der Waals surface area contributed by atoms with Crippen molar-refractivity contribution in [3.8, 4) is 0 Å². The summed E-state index contributed by atoms with van der Waals surface area (Å²) in [6, 6.07) is 29.8. The highest BCUT2D eigenvalue weighted by Crippen LogP contribution is 2.26. The molecule has 0 heterocycles. The van der Waals surface area contributed by atoms with E-state index in [1.165, 1.54) is 7.11 Å². The molecule has 1 atom stereocenters. The van der Waals surface area contributed by atoms with Gasteiger partial charge in [0.2, 0.25) is 0 Å². The van der Waals surface area contributed by atoms with Gasteiger partial charge in [-0.2, -0.15) is 0 Å². The van der Waals surface area contributed by atoms with Crippen LogP contribution in [-0.4, -0.2) is 18.0 Å². The van der Waals surface area contributed by atoms with Gasteiger partial charge in [0.05, 0.1) is 7.11 Å². The molecule has 0 aliphatic carbocycles. The summed E-state index contributed by atoms with van der Waals surface area (Å²) in [6.07, 6.45) is 0. The minimum Gasteiger partial charge on any atom is -0.468 e. The molecule has 132 valence electrons. The lowest BCUT2D eigenvalue weighted by atomic mass is 10.0. The summed E-state index contributed by atoms with van der Waals surface area (Å²) in [6.45, 7) is 1.31. The van der Waals surface area contributed by atoms with Gasteiger partial charge >= 0.3 is 5.97 Å². The largest absolute Gasteiger partial charge is 0.468 e. The highest BCUT2D eigenvalue weighted by atomic mass is 16.5. The maximum absolute atomic E-state index is 12.7. The van der Waals surface area contributed by atoms with Crippen molar-refractivity contribution >= 4 is 5.97 Å². The number of esters is 1. The lowest BCUT2D eigenvalue weighted by Gasteiger charge is -2.30. The topological polar surface area (TPSA) is 29.5 Å². The van der Waals surface area contributed by atoms with Crippen molar-refractivity contribution in [3.05, 3.63) is 108 Å². The van der Waals surface area contributed by atoms with E-state index in [0.717, 1.165) is 16.7 Å². The first kappa shape index (κ1) is 17.9. The first-order chi connectivity index (χ1) is 12.8. The van der Waals surface area contributed by atoms with Gasteiger partial charge in [0.25, 0.3) is 0 Å². The molecular formula is C23H23NO2. The molecule has 3 heteroatoms. The van der Waals surface area contributed by atoms with Crippen LogP contribution in [0.2, 0.25) is 0 Å². The molecule has 0 saturated heterocycles. The molecule has 3 aromatic rings. The molecule has 0 N–H and O–H groups in total.